The molecule has 0 saturated heterocycles. The lowest BCUT2D eigenvalue weighted by atomic mass is 10.3. The van der Waals surface area contributed by atoms with Gasteiger partial charge in [0.25, 0.3) is 10.0 Å². The van der Waals surface area contributed by atoms with Gasteiger partial charge in [-0.25, -0.2) is 23.1 Å². The van der Waals surface area contributed by atoms with Crippen LogP contribution in [0.2, 0.25) is 0 Å². The molecule has 6 N–H and O–H groups in total. The highest BCUT2D eigenvalue weighted by molar-refractivity contribution is 7.92. The molecule has 3 aromatic rings. The number of sulfonamides is 1. The number of aromatic amines is 1. The first-order chi connectivity index (χ1) is 12.9. The van der Waals surface area contributed by atoms with Crippen molar-refractivity contribution in [3.63, 3.8) is 0 Å². The fourth-order valence-electron chi connectivity index (χ4n) is 1.92. The van der Waals surface area contributed by atoms with Crippen molar-refractivity contribution in [3.05, 3.63) is 36.7 Å². The molecule has 0 fully saturated rings. The molecule has 0 amide bonds. The van der Waals surface area contributed by atoms with Crippen molar-refractivity contribution in [2.45, 2.75) is 4.90 Å². The Hall–Kier alpha value is -3.74. The molecule has 0 aliphatic rings. The number of rotatable bonds is 6. The number of methoxy groups -OCH3 is 1. The molecular weight excluding hydrogens is 374 g/mol. The van der Waals surface area contributed by atoms with Crippen LogP contribution >= 0.6 is 0 Å². The van der Waals surface area contributed by atoms with E-state index in [0.29, 0.717) is 11.4 Å². The third-order valence-electron chi connectivity index (χ3n) is 3.30. The summed E-state index contributed by atoms with van der Waals surface area (Å²) < 4.78 is 31.9. The van der Waals surface area contributed by atoms with E-state index in [4.69, 9.17) is 16.2 Å². The average Bonchev–Trinajstić information content (AvgIpc) is 2.98. The number of anilines is 3. The van der Waals surface area contributed by atoms with E-state index < -0.39 is 10.0 Å². The van der Waals surface area contributed by atoms with Crippen molar-refractivity contribution in [3.8, 4) is 5.75 Å². The van der Waals surface area contributed by atoms with Gasteiger partial charge in [-0.2, -0.15) is 10.2 Å². The van der Waals surface area contributed by atoms with Gasteiger partial charge in [-0.1, -0.05) is 0 Å². The number of nitrogens with two attached hydrogens (primary N) is 2. The van der Waals surface area contributed by atoms with E-state index in [-0.39, 0.29) is 28.2 Å². The van der Waals surface area contributed by atoms with Gasteiger partial charge in [-0.3, -0.25) is 5.10 Å². The van der Waals surface area contributed by atoms with Gasteiger partial charge < -0.3 is 16.2 Å². The lowest BCUT2D eigenvalue weighted by Gasteiger charge is -2.07. The van der Waals surface area contributed by atoms with E-state index >= 15 is 0 Å². The number of azo groups is 1. The predicted molar refractivity (Wildman–Crippen MR) is 97.4 cm³/mol. The molecule has 12 nitrogen and oxygen atoms in total. The lowest BCUT2D eigenvalue weighted by Crippen LogP contribution is -2.14. The number of ether oxygens (including phenoxy) is 1. The summed E-state index contributed by atoms with van der Waals surface area (Å²) in [4.78, 5) is 7.72. The minimum Gasteiger partial charge on any atom is -0.494 e. The predicted octanol–water partition coefficient (Wildman–Crippen LogP) is 1.59. The van der Waals surface area contributed by atoms with Gasteiger partial charge in [0.2, 0.25) is 5.95 Å². The summed E-state index contributed by atoms with van der Waals surface area (Å²) in [6.45, 7) is 0. The molecule has 0 spiro atoms. The highest BCUT2D eigenvalue weighted by Gasteiger charge is 2.15. The molecule has 0 aliphatic heterocycles. The third kappa shape index (κ3) is 4.09. The second kappa shape index (κ2) is 7.25. The van der Waals surface area contributed by atoms with Gasteiger partial charge >= 0.3 is 0 Å². The van der Waals surface area contributed by atoms with E-state index in [1.165, 1.54) is 43.8 Å². The van der Waals surface area contributed by atoms with Crippen molar-refractivity contribution >= 4 is 39.0 Å². The van der Waals surface area contributed by atoms with Gasteiger partial charge in [0.05, 0.1) is 30.1 Å². The summed E-state index contributed by atoms with van der Waals surface area (Å²) in [6.07, 6.45) is 2.70. The molecule has 0 unspecified atom stereocenters. The Bertz CT molecular complexity index is 1040. The Morgan fingerprint density at radius 1 is 1.11 bits per heavy atom. The second-order valence-electron chi connectivity index (χ2n) is 5.12. The summed E-state index contributed by atoms with van der Waals surface area (Å²) in [5.74, 6) is 0.621. The fourth-order valence-corrected chi connectivity index (χ4v) is 2.88. The standard InChI is InChI=1S/C14H15N9O3S/c1-26-9-6-17-14(18-7-9)23-27(24,25)10-4-2-8(3-5-10)19-20-11-12(15)21-22-13(11)16/h2-7H,1H3,(H,17,18,23)(H5,15,16,21,22)/b20-19+. The zero-order valence-electron chi connectivity index (χ0n) is 14.0. The molecule has 1 aromatic carbocycles. The van der Waals surface area contributed by atoms with Crippen LogP contribution in [0.25, 0.3) is 0 Å². The van der Waals surface area contributed by atoms with Gasteiger partial charge in [-0.05, 0) is 24.3 Å². The van der Waals surface area contributed by atoms with Gasteiger partial charge in [0, 0.05) is 0 Å². The van der Waals surface area contributed by atoms with Crippen LogP contribution < -0.4 is 20.9 Å². The van der Waals surface area contributed by atoms with Crippen LogP contribution in [-0.4, -0.2) is 35.7 Å². The van der Waals surface area contributed by atoms with Crippen LogP contribution in [0.5, 0.6) is 5.75 Å². The smallest absolute Gasteiger partial charge is 0.264 e. The number of nitrogens with one attached hydrogen (secondary N) is 2. The van der Waals surface area contributed by atoms with E-state index in [0.717, 1.165) is 0 Å². The van der Waals surface area contributed by atoms with Gasteiger partial charge in [0.15, 0.2) is 17.3 Å². The molecule has 0 aliphatic carbocycles. The minimum absolute atomic E-state index is 0.00297. The van der Waals surface area contributed by atoms with Crippen LogP contribution in [-0.2, 0) is 10.0 Å². The molecular formula is C14H15N9O3S. The molecule has 0 radical (unpaired) electrons. The monoisotopic (exact) mass is 389 g/mol. The van der Waals surface area contributed by atoms with Crippen LogP contribution in [0.3, 0.4) is 0 Å². The van der Waals surface area contributed by atoms with E-state index in [2.05, 4.69) is 35.1 Å². The molecule has 0 bridgehead atoms. The Labute approximate surface area is 153 Å². The van der Waals surface area contributed by atoms with E-state index in [1.54, 1.807) is 0 Å². The van der Waals surface area contributed by atoms with Gasteiger partial charge in [-0.15, -0.1) is 5.11 Å². The Kier molecular flexibility index (Phi) is 4.85. The quantitative estimate of drug-likeness (QED) is 0.457. The van der Waals surface area contributed by atoms with Crippen LogP contribution in [0.4, 0.5) is 29.0 Å². The summed E-state index contributed by atoms with van der Waals surface area (Å²) in [6, 6.07) is 5.67. The second-order valence-corrected chi connectivity index (χ2v) is 6.80. The third-order valence-corrected chi connectivity index (χ3v) is 4.64. The van der Waals surface area contributed by atoms with Crippen molar-refractivity contribution in [2.75, 3.05) is 23.3 Å². The maximum atomic E-state index is 12.4. The van der Waals surface area contributed by atoms with Crippen molar-refractivity contribution in [2.24, 2.45) is 10.2 Å². The number of nitrogens with zero attached hydrogens (tertiary/aromatic N) is 5. The van der Waals surface area contributed by atoms with E-state index in [9.17, 15) is 8.42 Å². The maximum Gasteiger partial charge on any atom is 0.264 e. The lowest BCUT2D eigenvalue weighted by molar-refractivity contribution is 0.411. The minimum atomic E-state index is -3.86. The maximum absolute atomic E-state index is 12.4. The van der Waals surface area contributed by atoms with Crippen LogP contribution in [0.1, 0.15) is 0 Å². The topological polar surface area (TPSA) is 187 Å². The fraction of sp³-hybridized carbons (Fsp3) is 0.0714. The molecule has 3 rings (SSSR count). The Morgan fingerprint density at radius 2 is 1.78 bits per heavy atom. The molecule has 27 heavy (non-hydrogen) atoms. The molecule has 0 atom stereocenters. The van der Waals surface area contributed by atoms with Crippen molar-refractivity contribution in [1.82, 2.24) is 20.2 Å². The summed E-state index contributed by atoms with van der Waals surface area (Å²) >= 11 is 0. The number of hydrogen-bond donors (Lipinski definition) is 4. The zero-order valence-corrected chi connectivity index (χ0v) is 14.8. The largest absolute Gasteiger partial charge is 0.494 e. The Balaban J connectivity index is 1.75. The van der Waals surface area contributed by atoms with Crippen molar-refractivity contribution in [1.29, 1.82) is 0 Å². The Morgan fingerprint density at radius 3 is 2.33 bits per heavy atom. The zero-order chi connectivity index (χ0) is 19.4. The molecule has 140 valence electrons. The SMILES string of the molecule is COc1cnc(NS(=O)(=O)c2ccc(/N=N/c3c(N)n[nH]c3N)cc2)nc1. The number of hydrogen-bond acceptors (Lipinski definition) is 10. The summed E-state index contributed by atoms with van der Waals surface area (Å²) in [5.41, 5.74) is 11.8. The number of H-pyrrole nitrogens is 1. The first-order valence-corrected chi connectivity index (χ1v) is 8.87. The average molecular weight is 389 g/mol. The van der Waals surface area contributed by atoms with E-state index in [1.807, 2.05) is 0 Å². The molecule has 0 saturated carbocycles. The molecule has 2 heterocycles. The normalized spacial score (nSPS) is 11.6. The summed E-state index contributed by atoms with van der Waals surface area (Å²) in [7, 11) is -2.41. The highest BCUT2D eigenvalue weighted by Crippen LogP contribution is 2.28. The summed E-state index contributed by atoms with van der Waals surface area (Å²) in [5, 5.41) is 14.0. The number of nitrogen functional groups attached to an aromatic ring is 2. The number of aromatic nitrogens is 4. The van der Waals surface area contributed by atoms with Crippen LogP contribution in [0.15, 0.2) is 51.8 Å². The molecule has 13 heteroatoms. The van der Waals surface area contributed by atoms with Crippen molar-refractivity contribution < 1.29 is 13.2 Å². The first-order valence-electron chi connectivity index (χ1n) is 7.39. The first kappa shape index (κ1) is 18.1. The van der Waals surface area contributed by atoms with Crippen LogP contribution in [0, 0.1) is 0 Å². The number of benzene rings is 1. The highest BCUT2D eigenvalue weighted by atomic mass is 32.2. The molecule has 2 aromatic heterocycles. The van der Waals surface area contributed by atoms with Gasteiger partial charge in [0.1, 0.15) is 5.82 Å².